The predicted octanol–water partition coefficient (Wildman–Crippen LogP) is 1.29. The quantitative estimate of drug-likeness (QED) is 0.408. The van der Waals surface area contributed by atoms with E-state index in [0.717, 1.165) is 12.3 Å². The number of carbonyl (C=O) groups is 2. The SMILES string of the molecule is O=C(O)C(=CNc1ccccc1F)C(=O)O. The largest absolute Gasteiger partial charge is 0.477 e. The van der Waals surface area contributed by atoms with E-state index in [1.165, 1.54) is 18.2 Å². The second-order valence-electron chi connectivity index (χ2n) is 2.79. The molecule has 0 spiro atoms. The number of carboxylic acid groups (broad SMARTS) is 2. The van der Waals surface area contributed by atoms with E-state index in [1.54, 1.807) is 0 Å². The molecule has 1 aromatic carbocycles. The molecule has 0 aliphatic carbocycles. The maximum Gasteiger partial charge on any atom is 0.344 e. The smallest absolute Gasteiger partial charge is 0.344 e. The molecule has 84 valence electrons. The van der Waals surface area contributed by atoms with Crippen LogP contribution in [0.2, 0.25) is 0 Å². The van der Waals surface area contributed by atoms with Gasteiger partial charge in [0.2, 0.25) is 0 Å². The average Bonchev–Trinajstić information content (AvgIpc) is 2.20. The van der Waals surface area contributed by atoms with Crippen molar-refractivity contribution in [2.24, 2.45) is 0 Å². The van der Waals surface area contributed by atoms with Gasteiger partial charge in [-0.2, -0.15) is 0 Å². The number of hydrogen-bond acceptors (Lipinski definition) is 3. The molecule has 1 aromatic rings. The lowest BCUT2D eigenvalue weighted by molar-refractivity contribution is -0.140. The summed E-state index contributed by atoms with van der Waals surface area (Å²) in [4.78, 5) is 20.9. The molecule has 1 rings (SSSR count). The van der Waals surface area contributed by atoms with Crippen LogP contribution >= 0.6 is 0 Å². The Labute approximate surface area is 89.8 Å². The third-order valence-electron chi connectivity index (χ3n) is 1.71. The highest BCUT2D eigenvalue weighted by Gasteiger charge is 2.15. The van der Waals surface area contributed by atoms with Crippen LogP contribution < -0.4 is 5.32 Å². The zero-order valence-electron chi connectivity index (χ0n) is 7.98. The van der Waals surface area contributed by atoms with Crippen molar-refractivity contribution >= 4 is 17.6 Å². The van der Waals surface area contributed by atoms with Gasteiger partial charge in [-0.05, 0) is 12.1 Å². The van der Waals surface area contributed by atoms with Crippen molar-refractivity contribution in [2.75, 3.05) is 5.32 Å². The van der Waals surface area contributed by atoms with Crippen molar-refractivity contribution in [3.8, 4) is 0 Å². The van der Waals surface area contributed by atoms with Crippen molar-refractivity contribution in [3.63, 3.8) is 0 Å². The van der Waals surface area contributed by atoms with Crippen LogP contribution in [-0.4, -0.2) is 22.2 Å². The van der Waals surface area contributed by atoms with Gasteiger partial charge < -0.3 is 15.5 Å². The van der Waals surface area contributed by atoms with E-state index in [9.17, 15) is 14.0 Å². The summed E-state index contributed by atoms with van der Waals surface area (Å²) < 4.78 is 13.1. The molecule has 0 fully saturated rings. The Bertz CT molecular complexity index is 440. The van der Waals surface area contributed by atoms with Gasteiger partial charge in [0.1, 0.15) is 5.82 Å². The van der Waals surface area contributed by atoms with Crippen LogP contribution in [0.1, 0.15) is 0 Å². The summed E-state index contributed by atoms with van der Waals surface area (Å²) in [6, 6.07) is 5.50. The zero-order chi connectivity index (χ0) is 12.1. The fourth-order valence-electron chi connectivity index (χ4n) is 0.943. The number of halogens is 1. The second-order valence-corrected chi connectivity index (χ2v) is 2.79. The molecule has 0 saturated heterocycles. The topological polar surface area (TPSA) is 86.6 Å². The molecule has 0 aromatic heterocycles. The van der Waals surface area contributed by atoms with Gasteiger partial charge in [-0.15, -0.1) is 0 Å². The zero-order valence-corrected chi connectivity index (χ0v) is 7.98. The van der Waals surface area contributed by atoms with Crippen LogP contribution in [0.5, 0.6) is 0 Å². The fraction of sp³-hybridized carbons (Fsp3) is 0. The standard InChI is InChI=1S/C10H8FNO4/c11-7-3-1-2-4-8(7)12-5-6(9(13)14)10(15)16/h1-5,12H,(H,13,14)(H,15,16). The Balaban J connectivity index is 2.90. The van der Waals surface area contributed by atoms with E-state index in [-0.39, 0.29) is 5.69 Å². The Morgan fingerprint density at radius 3 is 2.25 bits per heavy atom. The summed E-state index contributed by atoms with van der Waals surface area (Å²) >= 11 is 0. The van der Waals surface area contributed by atoms with Gasteiger partial charge in [0.25, 0.3) is 0 Å². The van der Waals surface area contributed by atoms with E-state index in [0.29, 0.717) is 0 Å². The lowest BCUT2D eigenvalue weighted by Crippen LogP contribution is -2.13. The Morgan fingerprint density at radius 1 is 1.19 bits per heavy atom. The first-order valence-electron chi connectivity index (χ1n) is 4.20. The molecule has 0 unspecified atom stereocenters. The maximum absolute atomic E-state index is 13.1. The minimum atomic E-state index is -1.60. The fourth-order valence-corrected chi connectivity index (χ4v) is 0.943. The van der Waals surface area contributed by atoms with Crippen LogP contribution in [0, 0.1) is 5.82 Å². The summed E-state index contributed by atoms with van der Waals surface area (Å²) in [6.07, 6.45) is 0.725. The van der Waals surface area contributed by atoms with E-state index in [4.69, 9.17) is 10.2 Å². The van der Waals surface area contributed by atoms with Crippen LogP contribution in [0.25, 0.3) is 0 Å². The van der Waals surface area contributed by atoms with Crippen LogP contribution in [0.15, 0.2) is 36.0 Å². The third-order valence-corrected chi connectivity index (χ3v) is 1.71. The van der Waals surface area contributed by atoms with E-state index < -0.39 is 23.3 Å². The van der Waals surface area contributed by atoms with Gasteiger partial charge in [0.15, 0.2) is 5.57 Å². The minimum Gasteiger partial charge on any atom is -0.477 e. The van der Waals surface area contributed by atoms with Gasteiger partial charge in [0, 0.05) is 6.20 Å². The highest BCUT2D eigenvalue weighted by Crippen LogP contribution is 2.12. The van der Waals surface area contributed by atoms with Crippen molar-refractivity contribution in [1.29, 1.82) is 0 Å². The molecule has 16 heavy (non-hydrogen) atoms. The van der Waals surface area contributed by atoms with Gasteiger partial charge in [0.05, 0.1) is 5.69 Å². The Morgan fingerprint density at radius 2 is 1.75 bits per heavy atom. The molecule has 0 aliphatic heterocycles. The third kappa shape index (κ3) is 2.81. The van der Waals surface area contributed by atoms with Crippen LogP contribution in [0.4, 0.5) is 10.1 Å². The summed E-state index contributed by atoms with van der Waals surface area (Å²) in [5, 5.41) is 19.3. The van der Waals surface area contributed by atoms with Crippen molar-refractivity contribution in [2.45, 2.75) is 0 Å². The van der Waals surface area contributed by atoms with E-state index in [1.807, 2.05) is 0 Å². The first-order valence-corrected chi connectivity index (χ1v) is 4.20. The molecular formula is C10H8FNO4. The molecule has 0 bridgehead atoms. The lowest BCUT2D eigenvalue weighted by Gasteiger charge is -2.02. The predicted molar refractivity (Wildman–Crippen MR) is 53.4 cm³/mol. The van der Waals surface area contributed by atoms with Crippen molar-refractivity contribution in [1.82, 2.24) is 0 Å². The first kappa shape index (κ1) is 11.7. The number of carboxylic acids is 2. The van der Waals surface area contributed by atoms with Crippen LogP contribution in [-0.2, 0) is 9.59 Å². The summed E-state index contributed by atoms with van der Waals surface area (Å²) in [5.41, 5.74) is -0.870. The summed E-state index contributed by atoms with van der Waals surface area (Å²) in [5.74, 6) is -3.80. The first-order chi connectivity index (χ1) is 7.52. The average molecular weight is 225 g/mol. The molecule has 5 nitrogen and oxygen atoms in total. The van der Waals surface area contributed by atoms with Crippen molar-refractivity contribution in [3.05, 3.63) is 41.9 Å². The second kappa shape index (κ2) is 4.92. The van der Waals surface area contributed by atoms with Crippen molar-refractivity contribution < 1.29 is 24.2 Å². The van der Waals surface area contributed by atoms with E-state index in [2.05, 4.69) is 5.32 Å². The number of aliphatic carboxylic acids is 2. The molecule has 0 radical (unpaired) electrons. The number of rotatable bonds is 4. The lowest BCUT2D eigenvalue weighted by atomic mass is 10.3. The molecule has 0 atom stereocenters. The Hall–Kier alpha value is -2.37. The molecular weight excluding hydrogens is 217 g/mol. The van der Waals surface area contributed by atoms with Gasteiger partial charge in [-0.25, -0.2) is 14.0 Å². The molecule has 0 saturated carbocycles. The summed E-state index contributed by atoms with van der Waals surface area (Å²) in [7, 11) is 0. The van der Waals surface area contributed by atoms with Crippen LogP contribution in [0.3, 0.4) is 0 Å². The number of benzene rings is 1. The molecule has 0 heterocycles. The molecule has 3 N–H and O–H groups in total. The molecule has 0 amide bonds. The van der Waals surface area contributed by atoms with Gasteiger partial charge in [-0.3, -0.25) is 0 Å². The Kier molecular flexibility index (Phi) is 3.60. The highest BCUT2D eigenvalue weighted by atomic mass is 19.1. The summed E-state index contributed by atoms with van der Waals surface area (Å²) in [6.45, 7) is 0. The number of hydrogen-bond donors (Lipinski definition) is 3. The number of nitrogens with one attached hydrogen (secondary N) is 1. The van der Waals surface area contributed by atoms with Gasteiger partial charge >= 0.3 is 11.9 Å². The molecule has 6 heteroatoms. The monoisotopic (exact) mass is 225 g/mol. The number of anilines is 1. The minimum absolute atomic E-state index is 0.00231. The normalized spacial score (nSPS) is 9.31. The van der Waals surface area contributed by atoms with Gasteiger partial charge in [-0.1, -0.05) is 12.1 Å². The number of para-hydroxylation sites is 1. The molecule has 0 aliphatic rings. The van der Waals surface area contributed by atoms with E-state index >= 15 is 0 Å². The highest BCUT2D eigenvalue weighted by molar-refractivity contribution is 6.12. The maximum atomic E-state index is 13.1.